The van der Waals surface area contributed by atoms with E-state index in [0.29, 0.717) is 41.6 Å². The molecular formula is C30H39N5O4. The number of aryl methyl sites for hydroxylation is 2. The highest BCUT2D eigenvalue weighted by atomic mass is 16.5. The minimum atomic E-state index is -0.144. The molecule has 1 saturated carbocycles. The van der Waals surface area contributed by atoms with Gasteiger partial charge in [-0.15, -0.1) is 0 Å². The van der Waals surface area contributed by atoms with Crippen LogP contribution in [0, 0.1) is 20.8 Å². The number of carbonyl (C=O) groups is 1. The van der Waals surface area contributed by atoms with Crippen LogP contribution in [-0.4, -0.2) is 70.1 Å². The van der Waals surface area contributed by atoms with E-state index in [4.69, 9.17) is 9.47 Å². The number of ether oxygens (including phenoxy) is 2. The Bertz CT molecular complexity index is 1420. The van der Waals surface area contributed by atoms with Gasteiger partial charge in [-0.05, 0) is 84.2 Å². The topological polar surface area (TPSA) is 92.7 Å². The zero-order valence-corrected chi connectivity index (χ0v) is 23.8. The second kappa shape index (κ2) is 10.9. The highest BCUT2D eigenvalue weighted by Gasteiger charge is 2.35. The van der Waals surface area contributed by atoms with E-state index < -0.39 is 0 Å². The number of amides is 1. The Morgan fingerprint density at radius 2 is 1.85 bits per heavy atom. The Labute approximate surface area is 229 Å². The molecule has 2 aliphatic rings. The summed E-state index contributed by atoms with van der Waals surface area (Å²) in [4.78, 5) is 38.0. The van der Waals surface area contributed by atoms with Gasteiger partial charge in [-0.1, -0.05) is 0 Å². The molecule has 0 spiro atoms. The standard InChI is InChI=1S/C30H39N5O4/c1-18-15-19(2)32-29(36)24(18)16-34-13-11-23-25(30(34)37)20(3)27(28(38-6)26(23)35-14-12-31-17-35)39-22-9-7-21(8-10-22)33(4)5/h12,14-15,17,21-22H,7-11,13,16H2,1-6H3,(H,32,36)/t21-,22-. The molecule has 1 aliphatic heterocycles. The maximum Gasteiger partial charge on any atom is 0.254 e. The van der Waals surface area contributed by atoms with E-state index in [9.17, 15) is 9.59 Å². The van der Waals surface area contributed by atoms with Gasteiger partial charge in [0.15, 0.2) is 11.5 Å². The Hall–Kier alpha value is -3.59. The van der Waals surface area contributed by atoms with Gasteiger partial charge < -0.3 is 28.8 Å². The lowest BCUT2D eigenvalue weighted by Crippen LogP contribution is -2.40. The molecule has 3 aromatic rings. The number of pyridine rings is 1. The van der Waals surface area contributed by atoms with Gasteiger partial charge in [0.1, 0.15) is 0 Å². The molecule has 1 fully saturated rings. The van der Waals surface area contributed by atoms with Crippen molar-refractivity contribution in [3.63, 3.8) is 0 Å². The number of carbonyl (C=O) groups excluding carboxylic acids is 1. The van der Waals surface area contributed by atoms with Gasteiger partial charge in [0.2, 0.25) is 0 Å². The molecule has 5 rings (SSSR count). The van der Waals surface area contributed by atoms with Crippen molar-refractivity contribution >= 4 is 5.91 Å². The summed E-state index contributed by atoms with van der Waals surface area (Å²) in [5.74, 6) is 1.15. The molecule has 9 nitrogen and oxygen atoms in total. The molecule has 1 aliphatic carbocycles. The fourth-order valence-electron chi connectivity index (χ4n) is 6.17. The monoisotopic (exact) mass is 533 g/mol. The summed E-state index contributed by atoms with van der Waals surface area (Å²) in [7, 11) is 5.91. The summed E-state index contributed by atoms with van der Waals surface area (Å²) in [5, 5.41) is 0. The zero-order chi connectivity index (χ0) is 27.8. The first kappa shape index (κ1) is 27.0. The van der Waals surface area contributed by atoms with Gasteiger partial charge in [0.05, 0.1) is 37.3 Å². The maximum absolute atomic E-state index is 14.1. The molecule has 39 heavy (non-hydrogen) atoms. The van der Waals surface area contributed by atoms with E-state index in [1.807, 2.05) is 37.6 Å². The molecule has 2 aromatic heterocycles. The van der Waals surface area contributed by atoms with Crippen LogP contribution in [0.15, 0.2) is 29.6 Å². The quantitative estimate of drug-likeness (QED) is 0.495. The summed E-state index contributed by atoms with van der Waals surface area (Å²) in [6, 6.07) is 2.50. The fraction of sp³-hybridized carbons (Fsp3) is 0.500. The van der Waals surface area contributed by atoms with Crippen molar-refractivity contribution in [3.05, 3.63) is 68.7 Å². The number of hydrogen-bond acceptors (Lipinski definition) is 6. The number of hydrogen-bond donors (Lipinski definition) is 1. The fourth-order valence-corrected chi connectivity index (χ4v) is 6.17. The molecular weight excluding hydrogens is 494 g/mol. The van der Waals surface area contributed by atoms with Crippen LogP contribution in [0.5, 0.6) is 11.5 Å². The summed E-state index contributed by atoms with van der Waals surface area (Å²) >= 11 is 0. The number of aromatic nitrogens is 3. The average molecular weight is 534 g/mol. The van der Waals surface area contributed by atoms with Crippen LogP contribution in [0.2, 0.25) is 0 Å². The van der Waals surface area contributed by atoms with Gasteiger partial charge >= 0.3 is 0 Å². The van der Waals surface area contributed by atoms with Crippen LogP contribution < -0.4 is 15.0 Å². The van der Waals surface area contributed by atoms with E-state index >= 15 is 0 Å². The summed E-state index contributed by atoms with van der Waals surface area (Å²) < 4.78 is 14.6. The average Bonchev–Trinajstić information content (AvgIpc) is 3.43. The van der Waals surface area contributed by atoms with Crippen molar-refractivity contribution in [1.82, 2.24) is 24.3 Å². The molecule has 0 saturated heterocycles. The third kappa shape index (κ3) is 5.07. The van der Waals surface area contributed by atoms with E-state index in [1.165, 1.54) is 0 Å². The number of nitrogens with zero attached hydrogens (tertiary/aromatic N) is 4. The van der Waals surface area contributed by atoms with E-state index in [2.05, 4.69) is 29.0 Å². The number of aromatic amines is 1. The predicted octanol–water partition coefficient (Wildman–Crippen LogP) is 3.94. The summed E-state index contributed by atoms with van der Waals surface area (Å²) in [6.45, 7) is 6.49. The van der Waals surface area contributed by atoms with Gasteiger partial charge in [-0.2, -0.15) is 0 Å². The van der Waals surface area contributed by atoms with Crippen LogP contribution in [0.3, 0.4) is 0 Å². The number of methoxy groups -OCH3 is 1. The van der Waals surface area contributed by atoms with Crippen molar-refractivity contribution in [2.45, 2.75) is 71.6 Å². The largest absolute Gasteiger partial charge is 0.491 e. The highest BCUT2D eigenvalue weighted by Crippen LogP contribution is 2.45. The first-order valence-corrected chi connectivity index (χ1v) is 13.7. The molecule has 0 radical (unpaired) electrons. The lowest BCUT2D eigenvalue weighted by molar-refractivity contribution is 0.0721. The van der Waals surface area contributed by atoms with Crippen molar-refractivity contribution in [1.29, 1.82) is 0 Å². The minimum Gasteiger partial charge on any atom is -0.491 e. The third-order valence-electron chi connectivity index (χ3n) is 8.33. The number of imidazole rings is 1. The Balaban J connectivity index is 1.56. The Morgan fingerprint density at radius 3 is 2.46 bits per heavy atom. The van der Waals surface area contributed by atoms with Crippen molar-refractivity contribution in [3.8, 4) is 17.2 Å². The second-order valence-electron chi connectivity index (χ2n) is 11.1. The van der Waals surface area contributed by atoms with E-state index in [-0.39, 0.29) is 24.1 Å². The van der Waals surface area contributed by atoms with Crippen molar-refractivity contribution < 1.29 is 14.3 Å². The molecule has 208 valence electrons. The summed E-state index contributed by atoms with van der Waals surface area (Å²) in [6.07, 6.45) is 10.0. The lowest BCUT2D eigenvalue weighted by Gasteiger charge is -2.35. The Morgan fingerprint density at radius 1 is 1.10 bits per heavy atom. The first-order valence-electron chi connectivity index (χ1n) is 13.7. The molecule has 1 aromatic carbocycles. The number of fused-ring (bicyclic) bond motifs is 1. The number of nitrogens with one attached hydrogen (secondary N) is 1. The molecule has 1 amide bonds. The van der Waals surface area contributed by atoms with Crippen LogP contribution in [0.1, 0.15) is 64.0 Å². The molecule has 0 bridgehead atoms. The third-order valence-corrected chi connectivity index (χ3v) is 8.33. The smallest absolute Gasteiger partial charge is 0.254 e. The first-order chi connectivity index (χ1) is 18.7. The normalized spacial score (nSPS) is 19.4. The van der Waals surface area contributed by atoms with Crippen LogP contribution >= 0.6 is 0 Å². The number of benzene rings is 1. The predicted molar refractivity (Wildman–Crippen MR) is 150 cm³/mol. The minimum absolute atomic E-state index is 0.0473. The van der Waals surface area contributed by atoms with Crippen LogP contribution in [-0.2, 0) is 13.0 Å². The van der Waals surface area contributed by atoms with E-state index in [0.717, 1.165) is 53.8 Å². The van der Waals surface area contributed by atoms with Crippen LogP contribution in [0.4, 0.5) is 0 Å². The van der Waals surface area contributed by atoms with Gasteiger partial charge in [-0.25, -0.2) is 4.98 Å². The van der Waals surface area contributed by atoms with Gasteiger partial charge in [-0.3, -0.25) is 9.59 Å². The van der Waals surface area contributed by atoms with Crippen molar-refractivity contribution in [2.75, 3.05) is 27.7 Å². The molecule has 1 N–H and O–H groups in total. The van der Waals surface area contributed by atoms with Gasteiger partial charge in [0.25, 0.3) is 11.5 Å². The van der Waals surface area contributed by atoms with Crippen LogP contribution in [0.25, 0.3) is 5.69 Å². The molecule has 9 heteroatoms. The van der Waals surface area contributed by atoms with E-state index in [1.54, 1.807) is 24.5 Å². The maximum atomic E-state index is 14.1. The second-order valence-corrected chi connectivity index (χ2v) is 11.1. The molecule has 0 atom stereocenters. The SMILES string of the molecule is COc1c(O[C@H]2CC[C@H](N(C)C)CC2)c(C)c2c(c1-n1ccnc1)CCN(Cc1c(C)cc(C)[nH]c1=O)C2=O. The highest BCUT2D eigenvalue weighted by molar-refractivity contribution is 6.01. The molecule has 3 heterocycles. The van der Waals surface area contributed by atoms with Crippen molar-refractivity contribution in [2.24, 2.45) is 0 Å². The zero-order valence-electron chi connectivity index (χ0n) is 23.8. The Kier molecular flexibility index (Phi) is 7.53. The summed E-state index contributed by atoms with van der Waals surface area (Å²) in [5.41, 5.74) is 5.30. The molecule has 0 unspecified atom stereocenters. The van der Waals surface area contributed by atoms with Gasteiger partial charge in [0, 0.05) is 41.8 Å². The lowest BCUT2D eigenvalue weighted by atomic mass is 9.90. The number of rotatable bonds is 7. The number of H-pyrrole nitrogens is 1.